The summed E-state index contributed by atoms with van der Waals surface area (Å²) >= 11 is 0.945. The Labute approximate surface area is 94.3 Å². The molecule has 7 nitrogen and oxygen atoms in total. The van der Waals surface area contributed by atoms with Crippen molar-refractivity contribution in [2.24, 2.45) is 0 Å². The molecule has 1 aromatic rings. The lowest BCUT2D eigenvalue weighted by Gasteiger charge is -2.10. The largest absolute Gasteiger partial charge is 0.374 e. The highest BCUT2D eigenvalue weighted by atomic mass is 32.3. The second-order valence-electron chi connectivity index (χ2n) is 3.23. The van der Waals surface area contributed by atoms with E-state index in [2.05, 4.69) is 10.2 Å². The van der Waals surface area contributed by atoms with Crippen molar-refractivity contribution in [1.29, 1.82) is 0 Å². The van der Waals surface area contributed by atoms with Crippen molar-refractivity contribution in [2.75, 3.05) is 17.2 Å². The van der Waals surface area contributed by atoms with Gasteiger partial charge in [-0.3, -0.25) is 9.69 Å². The highest BCUT2D eigenvalue weighted by Crippen LogP contribution is 2.28. The van der Waals surface area contributed by atoms with Crippen LogP contribution in [0.15, 0.2) is 0 Å². The molecule has 1 atom stereocenters. The van der Waals surface area contributed by atoms with E-state index in [0.717, 1.165) is 16.2 Å². The normalized spacial score (nSPS) is 21.7. The molecule has 0 saturated carbocycles. The molecule has 1 unspecified atom stereocenters. The monoisotopic (exact) mass is 266 g/mol. The summed E-state index contributed by atoms with van der Waals surface area (Å²) in [7, 11) is -4.71. The van der Waals surface area contributed by atoms with E-state index in [0.29, 0.717) is 0 Å². The molecule has 0 bridgehead atoms. The molecular weight excluding hydrogens is 259 g/mol. The third kappa shape index (κ3) is 1.97. The molecule has 2 heterocycles. The molecule has 1 aromatic heterocycles. The zero-order valence-corrected chi connectivity index (χ0v) is 9.46. The Morgan fingerprint density at radius 3 is 2.62 bits per heavy atom. The topological polar surface area (TPSA) is 106 Å². The van der Waals surface area contributed by atoms with Crippen molar-refractivity contribution in [3.63, 3.8) is 0 Å². The number of hydrogen-bond donors (Lipinski definition) is 1. The first kappa shape index (κ1) is 11.2. The van der Waals surface area contributed by atoms with Gasteiger partial charge in [0.15, 0.2) is 0 Å². The molecule has 1 amide bonds. The highest BCUT2D eigenvalue weighted by molar-refractivity contribution is 7.87. The Balaban J connectivity index is 2.24. The summed E-state index contributed by atoms with van der Waals surface area (Å²) in [6, 6.07) is 0. The minimum atomic E-state index is -4.71. The van der Waals surface area contributed by atoms with Crippen LogP contribution in [0.4, 0.5) is 14.1 Å². The van der Waals surface area contributed by atoms with Crippen LogP contribution in [0.1, 0.15) is 6.42 Å². The first-order chi connectivity index (χ1) is 7.38. The van der Waals surface area contributed by atoms with Crippen LogP contribution in [0, 0.1) is 0 Å². The molecule has 1 saturated heterocycles. The van der Waals surface area contributed by atoms with Crippen molar-refractivity contribution in [1.82, 2.24) is 10.2 Å². The fourth-order valence-corrected chi connectivity index (χ4v) is 2.69. The van der Waals surface area contributed by atoms with Gasteiger partial charge in [0.25, 0.3) is 0 Å². The van der Waals surface area contributed by atoms with Crippen LogP contribution >= 0.6 is 11.3 Å². The summed E-state index contributed by atoms with van der Waals surface area (Å²) in [4.78, 5) is 12.5. The third-order valence-corrected chi connectivity index (χ3v) is 4.04. The predicted octanol–water partition coefficient (Wildman–Crippen LogP) is -0.475. The van der Waals surface area contributed by atoms with Crippen LogP contribution in [0.25, 0.3) is 0 Å². The number of anilines is 2. The van der Waals surface area contributed by atoms with Gasteiger partial charge in [-0.15, -0.1) is 14.1 Å². The van der Waals surface area contributed by atoms with Gasteiger partial charge in [0.1, 0.15) is 5.25 Å². The van der Waals surface area contributed by atoms with E-state index in [4.69, 9.17) is 5.73 Å². The molecule has 0 aliphatic carbocycles. The molecule has 0 spiro atoms. The lowest BCUT2D eigenvalue weighted by molar-refractivity contribution is -0.117. The van der Waals surface area contributed by atoms with Crippen LogP contribution in [0.2, 0.25) is 0 Å². The van der Waals surface area contributed by atoms with Crippen LogP contribution in [0.3, 0.4) is 0 Å². The predicted molar refractivity (Wildman–Crippen MR) is 55.1 cm³/mol. The number of carbonyl (C=O) groups is 1. The van der Waals surface area contributed by atoms with Gasteiger partial charge in [0, 0.05) is 13.0 Å². The zero-order chi connectivity index (χ0) is 11.9. The summed E-state index contributed by atoms with van der Waals surface area (Å²) in [6.45, 7) is -0.244. The summed E-state index contributed by atoms with van der Waals surface area (Å²) in [5.41, 5.74) is 5.33. The van der Waals surface area contributed by atoms with Gasteiger partial charge in [-0.2, -0.15) is 8.42 Å². The van der Waals surface area contributed by atoms with Gasteiger partial charge in [-0.1, -0.05) is 11.3 Å². The SMILES string of the molecule is Nc1nnc(N2CC(S(=O)(=O)F)CC2=O)s1. The summed E-state index contributed by atoms with van der Waals surface area (Å²) in [5, 5.41) is 6.11. The number of nitrogens with two attached hydrogens (primary N) is 1. The molecule has 2 rings (SSSR count). The number of nitrogens with zero attached hydrogens (tertiary/aromatic N) is 3. The summed E-state index contributed by atoms with van der Waals surface area (Å²) in [5.74, 6) is -0.498. The van der Waals surface area contributed by atoms with Crippen molar-refractivity contribution in [3.8, 4) is 0 Å². The maximum absolute atomic E-state index is 12.7. The maximum atomic E-state index is 12.7. The Kier molecular flexibility index (Phi) is 2.54. The molecular formula is C6H7FN4O3S2. The van der Waals surface area contributed by atoms with E-state index in [9.17, 15) is 17.1 Å². The molecule has 0 aromatic carbocycles. The van der Waals surface area contributed by atoms with Crippen LogP contribution in [-0.2, 0) is 15.0 Å². The van der Waals surface area contributed by atoms with Gasteiger partial charge in [0.2, 0.25) is 16.2 Å². The lowest BCUT2D eigenvalue weighted by atomic mass is 10.4. The van der Waals surface area contributed by atoms with Crippen molar-refractivity contribution < 1.29 is 17.1 Å². The van der Waals surface area contributed by atoms with Gasteiger partial charge in [-0.25, -0.2) is 0 Å². The zero-order valence-electron chi connectivity index (χ0n) is 7.83. The quantitative estimate of drug-likeness (QED) is 0.725. The lowest BCUT2D eigenvalue weighted by Crippen LogP contribution is -2.26. The van der Waals surface area contributed by atoms with E-state index in [1.165, 1.54) is 0 Å². The first-order valence-electron chi connectivity index (χ1n) is 4.21. The Morgan fingerprint density at radius 2 is 2.19 bits per heavy atom. The van der Waals surface area contributed by atoms with E-state index < -0.39 is 21.4 Å². The second-order valence-corrected chi connectivity index (χ2v) is 5.83. The van der Waals surface area contributed by atoms with Crippen LogP contribution < -0.4 is 10.6 Å². The number of rotatable bonds is 2. The minimum absolute atomic E-state index is 0.161. The Hall–Kier alpha value is -1.29. The van der Waals surface area contributed by atoms with Gasteiger partial charge < -0.3 is 5.73 Å². The fourth-order valence-electron chi connectivity index (χ4n) is 1.38. The fraction of sp³-hybridized carbons (Fsp3) is 0.500. The Bertz CT molecular complexity index is 528. The number of carbonyl (C=O) groups excluding carboxylic acids is 1. The number of aromatic nitrogens is 2. The molecule has 0 radical (unpaired) electrons. The average Bonchev–Trinajstić information content (AvgIpc) is 2.70. The molecule has 16 heavy (non-hydrogen) atoms. The Morgan fingerprint density at radius 1 is 1.50 bits per heavy atom. The third-order valence-electron chi connectivity index (χ3n) is 2.15. The summed E-state index contributed by atoms with van der Waals surface area (Å²) in [6.07, 6.45) is -0.377. The van der Waals surface area contributed by atoms with Gasteiger partial charge >= 0.3 is 10.2 Å². The highest BCUT2D eigenvalue weighted by Gasteiger charge is 2.40. The molecule has 1 fully saturated rings. The molecule has 1 aliphatic heterocycles. The van der Waals surface area contributed by atoms with E-state index >= 15 is 0 Å². The molecule has 10 heteroatoms. The van der Waals surface area contributed by atoms with E-state index in [-0.39, 0.29) is 23.2 Å². The molecule has 2 N–H and O–H groups in total. The number of halogens is 1. The maximum Gasteiger partial charge on any atom is 0.307 e. The van der Waals surface area contributed by atoms with Crippen molar-refractivity contribution in [2.45, 2.75) is 11.7 Å². The van der Waals surface area contributed by atoms with Crippen molar-refractivity contribution in [3.05, 3.63) is 0 Å². The van der Waals surface area contributed by atoms with Crippen LogP contribution in [0.5, 0.6) is 0 Å². The summed E-state index contributed by atoms with van der Waals surface area (Å²) < 4.78 is 34.0. The minimum Gasteiger partial charge on any atom is -0.374 e. The van der Waals surface area contributed by atoms with Gasteiger partial charge in [0.05, 0.1) is 0 Å². The molecule has 88 valence electrons. The van der Waals surface area contributed by atoms with E-state index in [1.807, 2.05) is 0 Å². The average molecular weight is 266 g/mol. The van der Waals surface area contributed by atoms with Crippen molar-refractivity contribution >= 4 is 37.7 Å². The molecule has 1 aliphatic rings. The van der Waals surface area contributed by atoms with Gasteiger partial charge in [-0.05, 0) is 0 Å². The van der Waals surface area contributed by atoms with E-state index in [1.54, 1.807) is 0 Å². The van der Waals surface area contributed by atoms with Crippen LogP contribution in [-0.4, -0.2) is 36.3 Å². The standard InChI is InChI=1S/C6H7FN4O3S2/c7-16(13,14)3-1-4(12)11(2-3)6-10-9-5(8)15-6/h3H,1-2H2,(H2,8,9). The second kappa shape index (κ2) is 3.63. The number of amides is 1. The smallest absolute Gasteiger partial charge is 0.307 e. The number of nitrogen functional groups attached to an aromatic ring is 1. The number of hydrogen-bond acceptors (Lipinski definition) is 7. The first-order valence-corrected chi connectivity index (χ1v) is 6.47.